The highest BCUT2D eigenvalue weighted by Crippen LogP contribution is 2.24. The van der Waals surface area contributed by atoms with Crippen molar-refractivity contribution >= 4 is 16.9 Å². The van der Waals surface area contributed by atoms with Crippen molar-refractivity contribution in [2.24, 2.45) is 0 Å². The van der Waals surface area contributed by atoms with Crippen molar-refractivity contribution in [3.05, 3.63) is 59.9 Å². The van der Waals surface area contributed by atoms with Crippen molar-refractivity contribution in [2.45, 2.75) is 78.2 Å². The maximum absolute atomic E-state index is 11.3. The van der Waals surface area contributed by atoms with E-state index in [0.29, 0.717) is 13.0 Å². The Morgan fingerprint density at radius 1 is 1.00 bits per heavy atom. The number of carbonyl (C=O) groups excluding carboxylic acids is 1. The molecule has 1 heterocycles. The maximum Gasteiger partial charge on any atom is 0.219 e. The smallest absolute Gasteiger partial charge is 0.219 e. The number of unbranched alkanes of at least 4 members (excludes halogenated alkanes) is 2. The fourth-order valence-electron chi connectivity index (χ4n) is 3.97. The highest BCUT2D eigenvalue weighted by molar-refractivity contribution is 5.76. The van der Waals surface area contributed by atoms with Crippen molar-refractivity contribution in [2.75, 3.05) is 13.2 Å². The minimum Gasteiger partial charge on any atom is -0.494 e. The molecule has 178 valence electrons. The first-order valence-electron chi connectivity index (χ1n) is 12.3. The highest BCUT2D eigenvalue weighted by Gasteiger charge is 2.13. The van der Waals surface area contributed by atoms with Crippen molar-refractivity contribution in [3.8, 4) is 5.75 Å². The minimum atomic E-state index is 0.129. The molecule has 1 aromatic heterocycles. The van der Waals surface area contributed by atoms with E-state index in [1.165, 1.54) is 11.1 Å². The van der Waals surface area contributed by atoms with Gasteiger partial charge in [0.05, 0.1) is 17.6 Å². The van der Waals surface area contributed by atoms with E-state index in [4.69, 9.17) is 9.72 Å². The fourth-order valence-corrected chi connectivity index (χ4v) is 3.97. The van der Waals surface area contributed by atoms with Gasteiger partial charge < -0.3 is 14.6 Å². The van der Waals surface area contributed by atoms with Crippen LogP contribution in [0.15, 0.2) is 48.5 Å². The highest BCUT2D eigenvalue weighted by atomic mass is 16.5. The van der Waals surface area contributed by atoms with Crippen molar-refractivity contribution in [3.63, 3.8) is 0 Å². The number of hydrogen-bond acceptors (Lipinski definition) is 3. The summed E-state index contributed by atoms with van der Waals surface area (Å²) in [4.78, 5) is 16.2. The molecule has 33 heavy (non-hydrogen) atoms. The number of hydrogen-bond donors (Lipinski definition) is 1. The predicted octanol–water partition coefficient (Wildman–Crippen LogP) is 6.04. The van der Waals surface area contributed by atoms with E-state index in [-0.39, 0.29) is 11.3 Å². The van der Waals surface area contributed by atoms with E-state index in [1.807, 2.05) is 13.0 Å². The number of ether oxygens (including phenoxy) is 1. The fraction of sp³-hybridized carbons (Fsp3) is 0.500. The first kappa shape index (κ1) is 24.8. The lowest BCUT2D eigenvalue weighted by atomic mass is 9.87. The van der Waals surface area contributed by atoms with Crippen molar-refractivity contribution in [1.82, 2.24) is 14.9 Å². The average molecular weight is 450 g/mol. The largest absolute Gasteiger partial charge is 0.494 e. The number of aryl methyl sites for hydroxylation is 2. The van der Waals surface area contributed by atoms with Crippen LogP contribution in [0.5, 0.6) is 5.75 Å². The van der Waals surface area contributed by atoms with Crippen LogP contribution in [0, 0.1) is 0 Å². The third kappa shape index (κ3) is 7.34. The van der Waals surface area contributed by atoms with E-state index in [0.717, 1.165) is 62.3 Å². The Kier molecular flexibility index (Phi) is 8.93. The number of benzene rings is 2. The summed E-state index contributed by atoms with van der Waals surface area (Å²) in [7, 11) is 0. The molecular weight excluding hydrogens is 410 g/mol. The lowest BCUT2D eigenvalue weighted by Crippen LogP contribution is -2.23. The molecule has 1 amide bonds. The van der Waals surface area contributed by atoms with Gasteiger partial charge in [0.2, 0.25) is 5.91 Å². The van der Waals surface area contributed by atoms with E-state index >= 15 is 0 Å². The van der Waals surface area contributed by atoms with Gasteiger partial charge in [-0.1, -0.05) is 58.4 Å². The van der Waals surface area contributed by atoms with Gasteiger partial charge >= 0.3 is 0 Å². The van der Waals surface area contributed by atoms with Crippen LogP contribution in [0.2, 0.25) is 0 Å². The molecule has 0 atom stereocenters. The Labute approximate surface area is 198 Å². The lowest BCUT2D eigenvalue weighted by molar-refractivity contribution is -0.120. The number of aromatic nitrogens is 2. The van der Waals surface area contributed by atoms with Gasteiger partial charge in [-0.05, 0) is 54.5 Å². The summed E-state index contributed by atoms with van der Waals surface area (Å²) in [6.07, 6.45) is 5.59. The number of rotatable bonds is 12. The molecule has 3 aromatic rings. The zero-order valence-corrected chi connectivity index (χ0v) is 20.7. The molecular formula is C28H39N3O2. The van der Waals surface area contributed by atoms with Gasteiger partial charge in [0.25, 0.3) is 0 Å². The second kappa shape index (κ2) is 11.9. The molecule has 2 aromatic carbocycles. The summed E-state index contributed by atoms with van der Waals surface area (Å²) in [6, 6.07) is 16.8. The van der Waals surface area contributed by atoms with Crippen LogP contribution < -0.4 is 10.1 Å². The zero-order valence-electron chi connectivity index (χ0n) is 20.7. The molecule has 0 unspecified atom stereocenters. The third-order valence-electron chi connectivity index (χ3n) is 5.97. The van der Waals surface area contributed by atoms with E-state index in [2.05, 4.69) is 73.1 Å². The topological polar surface area (TPSA) is 56.2 Å². The van der Waals surface area contributed by atoms with Crippen LogP contribution in [-0.2, 0) is 23.2 Å². The minimum absolute atomic E-state index is 0.129. The van der Waals surface area contributed by atoms with Gasteiger partial charge in [0.15, 0.2) is 0 Å². The number of para-hydroxylation sites is 2. The van der Waals surface area contributed by atoms with Crippen molar-refractivity contribution < 1.29 is 9.53 Å². The number of carbonyl (C=O) groups is 1. The Bertz CT molecular complexity index is 1020. The number of amides is 1. The normalized spacial score (nSPS) is 11.6. The molecule has 0 aliphatic heterocycles. The second-order valence-corrected chi connectivity index (χ2v) is 9.66. The van der Waals surface area contributed by atoms with Gasteiger partial charge in [0, 0.05) is 25.9 Å². The summed E-state index contributed by atoms with van der Waals surface area (Å²) in [6.45, 7) is 10.9. The van der Waals surface area contributed by atoms with Gasteiger partial charge in [0.1, 0.15) is 11.6 Å². The molecule has 1 N–H and O–H groups in total. The van der Waals surface area contributed by atoms with E-state index < -0.39 is 0 Å². The molecule has 0 radical (unpaired) electrons. The number of nitrogens with one attached hydrogen (secondary N) is 1. The summed E-state index contributed by atoms with van der Waals surface area (Å²) in [5.41, 5.74) is 3.72. The van der Waals surface area contributed by atoms with Gasteiger partial charge in [-0.15, -0.1) is 0 Å². The maximum atomic E-state index is 11.3. The summed E-state index contributed by atoms with van der Waals surface area (Å²) in [5, 5.41) is 2.95. The number of nitrogens with zero attached hydrogens (tertiary/aromatic N) is 2. The molecule has 0 spiro atoms. The van der Waals surface area contributed by atoms with Gasteiger partial charge in [-0.25, -0.2) is 4.98 Å². The standard InChI is InChI=1S/C28H39N3O2/c1-5-27(32)29-19-10-6-7-14-26-30-24-12-8-9-13-25(24)31(26)20-11-21-33-23-17-15-22(16-18-23)28(2,3)4/h8-9,12-13,15-18H,5-7,10-11,14,19-21H2,1-4H3,(H,29,32). The Balaban J connectivity index is 1.51. The Morgan fingerprint density at radius 2 is 1.76 bits per heavy atom. The molecule has 5 nitrogen and oxygen atoms in total. The molecule has 0 fully saturated rings. The Hall–Kier alpha value is -2.82. The van der Waals surface area contributed by atoms with Crippen LogP contribution in [0.25, 0.3) is 11.0 Å². The zero-order chi connectivity index (χ0) is 23.7. The molecule has 0 saturated heterocycles. The van der Waals surface area contributed by atoms with Crippen LogP contribution in [0.4, 0.5) is 0 Å². The predicted molar refractivity (Wildman–Crippen MR) is 136 cm³/mol. The molecule has 0 aliphatic carbocycles. The van der Waals surface area contributed by atoms with E-state index in [9.17, 15) is 4.79 Å². The second-order valence-electron chi connectivity index (χ2n) is 9.66. The van der Waals surface area contributed by atoms with E-state index in [1.54, 1.807) is 0 Å². The van der Waals surface area contributed by atoms with Crippen LogP contribution in [0.3, 0.4) is 0 Å². The summed E-state index contributed by atoms with van der Waals surface area (Å²) >= 11 is 0. The average Bonchev–Trinajstić information content (AvgIpc) is 3.15. The molecule has 0 bridgehead atoms. The van der Waals surface area contributed by atoms with Gasteiger partial charge in [-0.3, -0.25) is 4.79 Å². The SMILES string of the molecule is CCC(=O)NCCCCCc1nc2ccccc2n1CCCOc1ccc(C(C)(C)C)cc1. The lowest BCUT2D eigenvalue weighted by Gasteiger charge is -2.19. The van der Waals surface area contributed by atoms with Crippen molar-refractivity contribution in [1.29, 1.82) is 0 Å². The van der Waals surface area contributed by atoms with Crippen LogP contribution in [-0.4, -0.2) is 28.6 Å². The summed E-state index contributed by atoms with van der Waals surface area (Å²) in [5.74, 6) is 2.20. The third-order valence-corrected chi connectivity index (χ3v) is 5.97. The van der Waals surface area contributed by atoms with Crippen LogP contribution in [0.1, 0.15) is 71.2 Å². The number of fused-ring (bicyclic) bond motifs is 1. The Morgan fingerprint density at radius 3 is 2.48 bits per heavy atom. The quantitative estimate of drug-likeness (QED) is 0.343. The number of imidazole rings is 1. The van der Waals surface area contributed by atoms with Crippen LogP contribution >= 0.6 is 0 Å². The monoisotopic (exact) mass is 449 g/mol. The first-order chi connectivity index (χ1) is 15.9. The molecule has 5 heteroatoms. The molecule has 0 saturated carbocycles. The van der Waals surface area contributed by atoms with Gasteiger partial charge in [-0.2, -0.15) is 0 Å². The summed E-state index contributed by atoms with van der Waals surface area (Å²) < 4.78 is 8.36. The molecule has 3 rings (SSSR count). The first-order valence-corrected chi connectivity index (χ1v) is 12.3. The molecule has 0 aliphatic rings.